The minimum atomic E-state index is -2.90. The molecule has 20 heavy (non-hydrogen) atoms. The number of carboxylic acids is 1. The Bertz CT molecular complexity index is 806. The van der Waals surface area contributed by atoms with E-state index in [2.05, 4.69) is 5.32 Å². The minimum absolute atomic E-state index is 0.00161. The van der Waals surface area contributed by atoms with E-state index in [1.54, 1.807) is 0 Å². The van der Waals surface area contributed by atoms with Gasteiger partial charge in [-0.1, -0.05) is 35.4 Å². The Morgan fingerprint density at radius 1 is 1.50 bits per heavy atom. The first-order chi connectivity index (χ1) is 11.4. The molecule has 0 fully saturated rings. The van der Waals surface area contributed by atoms with Gasteiger partial charge in [-0.15, -0.1) is 0 Å². The van der Waals surface area contributed by atoms with Gasteiger partial charge in [0, 0.05) is 12.5 Å². The molecule has 104 valence electrons. The van der Waals surface area contributed by atoms with E-state index in [-0.39, 0.29) is 22.0 Å². The fourth-order valence-corrected chi connectivity index (χ4v) is 1.83. The van der Waals surface area contributed by atoms with E-state index in [9.17, 15) is 9.18 Å². The maximum absolute atomic E-state index is 13.9. The van der Waals surface area contributed by atoms with E-state index in [0.29, 0.717) is 0 Å². The molecule has 0 radical (unpaired) electrons. The third kappa shape index (κ3) is 3.27. The van der Waals surface area contributed by atoms with Crippen molar-refractivity contribution in [2.45, 2.75) is 13.2 Å². The summed E-state index contributed by atoms with van der Waals surface area (Å²) in [5.74, 6) is -2.54. The second kappa shape index (κ2) is 5.92. The zero-order chi connectivity index (χ0) is 19.0. The zero-order valence-electron chi connectivity index (χ0n) is 15.1. The monoisotopic (exact) mass is 298 g/mol. The number of aryl methyl sites for hydroxylation is 1. The van der Waals surface area contributed by atoms with Gasteiger partial charge >= 0.3 is 5.97 Å². The molecule has 0 spiro atoms. The predicted molar refractivity (Wildman–Crippen MR) is 77.2 cm³/mol. The van der Waals surface area contributed by atoms with Crippen molar-refractivity contribution in [2.24, 2.45) is 0 Å². The van der Waals surface area contributed by atoms with Crippen LogP contribution in [0.15, 0.2) is 36.4 Å². The summed E-state index contributed by atoms with van der Waals surface area (Å²) in [7, 11) is 0. The van der Waals surface area contributed by atoms with Gasteiger partial charge in [0.15, 0.2) is 0 Å². The summed E-state index contributed by atoms with van der Waals surface area (Å²) in [6.45, 7) is -2.56. The summed E-state index contributed by atoms with van der Waals surface area (Å²) in [6.07, 6.45) is -2.90. The first kappa shape index (κ1) is 8.97. The van der Waals surface area contributed by atoms with Crippen LogP contribution >= 0.6 is 11.6 Å². The lowest BCUT2D eigenvalue weighted by Gasteiger charge is -2.13. The fourth-order valence-electron chi connectivity index (χ4n) is 1.62. The highest BCUT2D eigenvalue weighted by Gasteiger charge is 2.11. The van der Waals surface area contributed by atoms with Crippen LogP contribution in [0.1, 0.15) is 18.0 Å². The van der Waals surface area contributed by atoms with Gasteiger partial charge in [-0.2, -0.15) is 0 Å². The molecule has 5 heteroatoms. The quantitative estimate of drug-likeness (QED) is 0.891. The standard InChI is InChI=1S/C15H13ClFNO2/c1-9-5-6-13(10(7-9)8-14(19)20)18-15-11(16)3-2-4-12(15)17/h2-7,18H,8H2,1H3,(H,19,20)/i1D3,8D2. The molecule has 0 saturated heterocycles. The van der Waals surface area contributed by atoms with Crippen LogP contribution in [0.25, 0.3) is 0 Å². The van der Waals surface area contributed by atoms with Crippen molar-refractivity contribution in [3.63, 3.8) is 0 Å². The Hall–Kier alpha value is -2.07. The van der Waals surface area contributed by atoms with Crippen molar-refractivity contribution in [2.75, 3.05) is 5.32 Å². The predicted octanol–water partition coefficient (Wildman–Crippen LogP) is 4.16. The molecule has 0 bridgehead atoms. The number of rotatable bonds is 4. The van der Waals surface area contributed by atoms with Crippen molar-refractivity contribution >= 4 is 28.9 Å². The number of anilines is 2. The highest BCUT2D eigenvalue weighted by molar-refractivity contribution is 6.33. The molecule has 0 unspecified atom stereocenters. The smallest absolute Gasteiger partial charge is 0.307 e. The molecular formula is C15H13ClFNO2. The lowest BCUT2D eigenvalue weighted by atomic mass is 10.1. The lowest BCUT2D eigenvalue weighted by Crippen LogP contribution is -2.05. The summed E-state index contributed by atoms with van der Waals surface area (Å²) in [6, 6.07) is 7.19. The second-order valence-electron chi connectivity index (χ2n) is 3.91. The molecule has 0 aromatic heterocycles. The van der Waals surface area contributed by atoms with Crippen molar-refractivity contribution in [3.8, 4) is 0 Å². The molecular weight excluding hydrogens is 281 g/mol. The van der Waals surface area contributed by atoms with E-state index < -0.39 is 30.6 Å². The Labute approximate surface area is 128 Å². The van der Waals surface area contributed by atoms with Gasteiger partial charge in [-0.3, -0.25) is 4.79 Å². The van der Waals surface area contributed by atoms with Crippen LogP contribution in [-0.2, 0) is 11.2 Å². The summed E-state index contributed by atoms with van der Waals surface area (Å²) < 4.78 is 51.7. The molecule has 0 aliphatic carbocycles. The Balaban J connectivity index is 2.63. The summed E-state index contributed by atoms with van der Waals surface area (Å²) in [5.41, 5.74) is -0.966. The zero-order valence-corrected chi connectivity index (χ0v) is 10.8. The van der Waals surface area contributed by atoms with Gasteiger partial charge in [-0.25, -0.2) is 4.39 Å². The SMILES string of the molecule is [2H]C([2H])([2H])c1ccc(Nc2c(F)cccc2Cl)c(C([2H])([2H])C(=O)O)c1. The van der Waals surface area contributed by atoms with Crippen LogP contribution in [0.3, 0.4) is 0 Å². The molecule has 2 N–H and O–H groups in total. The van der Waals surface area contributed by atoms with E-state index in [1.165, 1.54) is 24.3 Å². The van der Waals surface area contributed by atoms with Crippen LogP contribution in [0, 0.1) is 12.7 Å². The third-order valence-electron chi connectivity index (χ3n) is 2.48. The molecule has 2 aromatic rings. The lowest BCUT2D eigenvalue weighted by molar-refractivity contribution is -0.136. The second-order valence-corrected chi connectivity index (χ2v) is 4.32. The average Bonchev–Trinajstić information content (AvgIpc) is 2.50. The van der Waals surface area contributed by atoms with Gasteiger partial charge in [0.05, 0.1) is 17.1 Å². The van der Waals surface area contributed by atoms with Gasteiger partial charge in [-0.05, 0) is 30.6 Å². The molecule has 3 nitrogen and oxygen atoms in total. The molecule has 0 amide bonds. The summed E-state index contributed by atoms with van der Waals surface area (Å²) >= 11 is 5.91. The molecule has 0 heterocycles. The Morgan fingerprint density at radius 3 is 2.95 bits per heavy atom. The molecule has 0 aliphatic heterocycles. The van der Waals surface area contributed by atoms with E-state index in [1.807, 2.05) is 0 Å². The molecule has 2 aromatic carbocycles. The van der Waals surface area contributed by atoms with Crippen LogP contribution in [0.4, 0.5) is 15.8 Å². The van der Waals surface area contributed by atoms with Crippen LogP contribution in [0.5, 0.6) is 0 Å². The topological polar surface area (TPSA) is 49.3 Å². The number of para-hydroxylation sites is 1. The molecule has 0 atom stereocenters. The number of nitrogens with one attached hydrogen (secondary N) is 1. The third-order valence-corrected chi connectivity index (χ3v) is 2.80. The van der Waals surface area contributed by atoms with Crippen LogP contribution < -0.4 is 5.32 Å². The van der Waals surface area contributed by atoms with Gasteiger partial charge in [0.1, 0.15) is 5.82 Å². The van der Waals surface area contributed by atoms with Crippen molar-refractivity contribution in [3.05, 3.63) is 58.4 Å². The van der Waals surface area contributed by atoms with Gasteiger partial charge < -0.3 is 10.4 Å². The number of hydrogen-bond acceptors (Lipinski definition) is 2. The number of benzene rings is 2. The van der Waals surface area contributed by atoms with Crippen LogP contribution in [0.2, 0.25) is 5.02 Å². The molecule has 2 rings (SSSR count). The molecule has 0 saturated carbocycles. The number of carboxylic acid groups (broad SMARTS) is 1. The number of hydrogen-bond donors (Lipinski definition) is 2. The minimum Gasteiger partial charge on any atom is -0.481 e. The number of aliphatic carboxylic acids is 1. The van der Waals surface area contributed by atoms with Crippen molar-refractivity contribution in [1.29, 1.82) is 0 Å². The maximum Gasteiger partial charge on any atom is 0.307 e. The first-order valence-corrected chi connectivity index (χ1v) is 5.92. The normalized spacial score (nSPS) is 15.4. The van der Waals surface area contributed by atoms with E-state index >= 15 is 0 Å². The maximum atomic E-state index is 13.9. The fraction of sp³-hybridized carbons (Fsp3) is 0.133. The summed E-state index contributed by atoms with van der Waals surface area (Å²) in [4.78, 5) is 11.3. The van der Waals surface area contributed by atoms with Crippen LogP contribution in [-0.4, -0.2) is 11.1 Å². The van der Waals surface area contributed by atoms with Gasteiger partial charge in [0.2, 0.25) is 0 Å². The highest BCUT2D eigenvalue weighted by Crippen LogP contribution is 2.30. The molecule has 0 aliphatic rings. The Morgan fingerprint density at radius 2 is 2.30 bits per heavy atom. The van der Waals surface area contributed by atoms with Crippen molar-refractivity contribution < 1.29 is 21.1 Å². The average molecular weight is 299 g/mol. The largest absolute Gasteiger partial charge is 0.481 e. The van der Waals surface area contributed by atoms with E-state index in [0.717, 1.165) is 12.1 Å². The Kier molecular flexibility index (Phi) is 2.66. The van der Waals surface area contributed by atoms with Crippen molar-refractivity contribution in [1.82, 2.24) is 0 Å². The first-order valence-electron chi connectivity index (χ1n) is 8.04. The number of carbonyl (C=O) groups is 1. The number of halogens is 2. The summed E-state index contributed by atoms with van der Waals surface area (Å²) in [5, 5.41) is 11.7. The van der Waals surface area contributed by atoms with E-state index in [4.69, 9.17) is 23.6 Å². The van der Waals surface area contributed by atoms with Gasteiger partial charge in [0.25, 0.3) is 0 Å². The highest BCUT2D eigenvalue weighted by atomic mass is 35.5.